The molecular weight excluding hydrogens is 275 g/mol. The Balaban J connectivity index is 1.81. The monoisotopic (exact) mass is 300 g/mol. The first-order valence-electron chi connectivity index (χ1n) is 8.49. The van der Waals surface area contributed by atoms with Crippen molar-refractivity contribution in [2.45, 2.75) is 51.4 Å². The van der Waals surface area contributed by atoms with E-state index in [4.69, 9.17) is 4.74 Å². The van der Waals surface area contributed by atoms with Gasteiger partial charge in [0.2, 0.25) is 0 Å². The van der Waals surface area contributed by atoms with Crippen molar-refractivity contribution in [2.24, 2.45) is 5.92 Å². The second-order valence-corrected chi connectivity index (χ2v) is 6.57. The van der Waals surface area contributed by atoms with Crippen LogP contribution in [0.25, 0.3) is 10.8 Å². The number of hydrogen-bond donors (Lipinski definition) is 0. The molecule has 2 aromatic carbocycles. The third-order valence-corrected chi connectivity index (χ3v) is 5.18. The highest BCUT2D eigenvalue weighted by Gasteiger charge is 2.22. The lowest BCUT2D eigenvalue weighted by molar-refractivity contribution is 0.308. The minimum atomic E-state index is -0.252. The van der Waals surface area contributed by atoms with E-state index in [0.717, 1.165) is 11.3 Å². The molecule has 0 radical (unpaired) electrons. The molecule has 0 amide bonds. The number of halogens is 1. The van der Waals surface area contributed by atoms with E-state index in [1.807, 2.05) is 12.1 Å². The van der Waals surface area contributed by atoms with Crippen molar-refractivity contribution in [1.29, 1.82) is 0 Å². The van der Waals surface area contributed by atoms with Gasteiger partial charge in [0.15, 0.2) is 11.6 Å². The van der Waals surface area contributed by atoms with Crippen LogP contribution in [0.2, 0.25) is 0 Å². The zero-order chi connectivity index (χ0) is 15.5. The average molecular weight is 300 g/mol. The molecule has 3 rings (SSSR count). The summed E-state index contributed by atoms with van der Waals surface area (Å²) in [4.78, 5) is 0. The first kappa shape index (κ1) is 15.3. The molecule has 1 aliphatic carbocycles. The third kappa shape index (κ3) is 2.97. The maximum atomic E-state index is 14.3. The maximum absolute atomic E-state index is 14.3. The van der Waals surface area contributed by atoms with Crippen molar-refractivity contribution < 1.29 is 9.13 Å². The van der Waals surface area contributed by atoms with Gasteiger partial charge >= 0.3 is 0 Å². The van der Waals surface area contributed by atoms with Gasteiger partial charge in [0.25, 0.3) is 0 Å². The van der Waals surface area contributed by atoms with Gasteiger partial charge in [0.05, 0.1) is 7.11 Å². The molecule has 0 atom stereocenters. The van der Waals surface area contributed by atoms with Crippen LogP contribution in [0.3, 0.4) is 0 Å². The standard InChI is InChI=1S/C20H25FO/c1-3-4-14-5-7-15(8-6-14)16-9-11-18-17(13-16)10-12-19(22-2)20(18)21/h9-15H,3-8H2,1-2H3. The third-order valence-electron chi connectivity index (χ3n) is 5.18. The highest BCUT2D eigenvalue weighted by molar-refractivity contribution is 5.85. The Morgan fingerprint density at radius 1 is 1.09 bits per heavy atom. The molecule has 1 aliphatic rings. The Morgan fingerprint density at radius 2 is 1.86 bits per heavy atom. The van der Waals surface area contributed by atoms with Crippen LogP contribution in [0.15, 0.2) is 30.3 Å². The Bertz CT molecular complexity index is 641. The molecule has 0 unspecified atom stereocenters. The molecule has 0 spiro atoms. The lowest BCUT2D eigenvalue weighted by Gasteiger charge is -2.28. The van der Waals surface area contributed by atoms with Crippen LogP contribution in [-0.2, 0) is 0 Å². The fraction of sp³-hybridized carbons (Fsp3) is 0.500. The lowest BCUT2D eigenvalue weighted by atomic mass is 9.77. The van der Waals surface area contributed by atoms with Crippen LogP contribution in [0.5, 0.6) is 5.75 Å². The molecule has 2 aromatic rings. The summed E-state index contributed by atoms with van der Waals surface area (Å²) < 4.78 is 19.3. The molecule has 1 nitrogen and oxygen atoms in total. The van der Waals surface area contributed by atoms with Crippen molar-refractivity contribution in [3.05, 3.63) is 41.7 Å². The van der Waals surface area contributed by atoms with E-state index in [1.54, 1.807) is 6.07 Å². The summed E-state index contributed by atoms with van der Waals surface area (Å²) in [6.07, 6.45) is 7.90. The van der Waals surface area contributed by atoms with Crippen LogP contribution < -0.4 is 4.74 Å². The van der Waals surface area contributed by atoms with Crippen LogP contribution in [-0.4, -0.2) is 7.11 Å². The summed E-state index contributed by atoms with van der Waals surface area (Å²) in [6, 6.07) is 9.88. The Morgan fingerprint density at radius 3 is 2.55 bits per heavy atom. The Kier molecular flexibility index (Phi) is 4.66. The number of hydrogen-bond acceptors (Lipinski definition) is 1. The molecule has 0 heterocycles. The minimum Gasteiger partial charge on any atom is -0.494 e. The molecule has 2 heteroatoms. The lowest BCUT2D eigenvalue weighted by Crippen LogP contribution is -2.13. The molecule has 1 saturated carbocycles. The van der Waals surface area contributed by atoms with Gasteiger partial charge in [0, 0.05) is 5.39 Å². The summed E-state index contributed by atoms with van der Waals surface area (Å²) in [5.74, 6) is 1.63. The van der Waals surface area contributed by atoms with E-state index in [-0.39, 0.29) is 5.82 Å². The first-order chi connectivity index (χ1) is 10.7. The highest BCUT2D eigenvalue weighted by Crippen LogP contribution is 2.38. The molecule has 0 bridgehead atoms. The van der Waals surface area contributed by atoms with E-state index in [0.29, 0.717) is 17.1 Å². The van der Waals surface area contributed by atoms with Gasteiger partial charge in [-0.3, -0.25) is 0 Å². The highest BCUT2D eigenvalue weighted by atomic mass is 19.1. The van der Waals surface area contributed by atoms with Crippen molar-refractivity contribution in [3.8, 4) is 5.75 Å². The van der Waals surface area contributed by atoms with E-state index < -0.39 is 0 Å². The fourth-order valence-corrected chi connectivity index (χ4v) is 3.89. The second kappa shape index (κ2) is 6.68. The van der Waals surface area contributed by atoms with Gasteiger partial charge in [-0.2, -0.15) is 0 Å². The summed E-state index contributed by atoms with van der Waals surface area (Å²) in [5, 5.41) is 1.63. The predicted octanol–water partition coefficient (Wildman–Crippen LogP) is 6.06. The number of ether oxygens (including phenoxy) is 1. The minimum absolute atomic E-state index is 0.252. The molecule has 22 heavy (non-hydrogen) atoms. The smallest absolute Gasteiger partial charge is 0.172 e. The van der Waals surface area contributed by atoms with Crippen molar-refractivity contribution in [1.82, 2.24) is 0 Å². The Hall–Kier alpha value is -1.57. The van der Waals surface area contributed by atoms with Gasteiger partial charge in [0.1, 0.15) is 0 Å². The van der Waals surface area contributed by atoms with E-state index in [2.05, 4.69) is 19.1 Å². The Labute approximate surface area is 132 Å². The normalized spacial score (nSPS) is 22.0. The quantitative estimate of drug-likeness (QED) is 0.666. The average Bonchev–Trinajstić information content (AvgIpc) is 2.56. The SMILES string of the molecule is CCCC1CCC(c2ccc3c(F)c(OC)ccc3c2)CC1. The van der Waals surface area contributed by atoms with Crippen molar-refractivity contribution >= 4 is 10.8 Å². The van der Waals surface area contributed by atoms with Crippen LogP contribution in [0.1, 0.15) is 56.9 Å². The van der Waals surface area contributed by atoms with Crippen LogP contribution in [0, 0.1) is 11.7 Å². The fourth-order valence-electron chi connectivity index (χ4n) is 3.89. The summed E-state index contributed by atoms with van der Waals surface area (Å²) in [6.45, 7) is 2.28. The molecule has 118 valence electrons. The predicted molar refractivity (Wildman–Crippen MR) is 90.1 cm³/mol. The number of fused-ring (bicyclic) bond motifs is 1. The van der Waals surface area contributed by atoms with E-state index >= 15 is 0 Å². The number of benzene rings is 2. The molecule has 0 saturated heterocycles. The topological polar surface area (TPSA) is 9.23 Å². The van der Waals surface area contributed by atoms with Gasteiger partial charge in [-0.05, 0) is 54.5 Å². The molecule has 0 aliphatic heterocycles. The van der Waals surface area contributed by atoms with E-state index in [1.165, 1.54) is 51.2 Å². The molecule has 0 aromatic heterocycles. The summed E-state index contributed by atoms with van der Waals surface area (Å²) >= 11 is 0. The maximum Gasteiger partial charge on any atom is 0.172 e. The molecule has 0 N–H and O–H groups in total. The van der Waals surface area contributed by atoms with Gasteiger partial charge < -0.3 is 4.74 Å². The zero-order valence-corrected chi connectivity index (χ0v) is 13.6. The second-order valence-electron chi connectivity index (χ2n) is 6.57. The summed E-state index contributed by atoms with van der Waals surface area (Å²) in [5.41, 5.74) is 1.37. The first-order valence-corrected chi connectivity index (χ1v) is 8.49. The number of methoxy groups -OCH3 is 1. The largest absolute Gasteiger partial charge is 0.494 e. The van der Waals surface area contributed by atoms with Crippen molar-refractivity contribution in [3.63, 3.8) is 0 Å². The zero-order valence-electron chi connectivity index (χ0n) is 13.6. The van der Waals surface area contributed by atoms with E-state index in [9.17, 15) is 4.39 Å². The van der Waals surface area contributed by atoms with Gasteiger partial charge in [-0.15, -0.1) is 0 Å². The van der Waals surface area contributed by atoms with Gasteiger partial charge in [-0.25, -0.2) is 4.39 Å². The summed E-state index contributed by atoms with van der Waals surface area (Å²) in [7, 11) is 1.51. The molecular formula is C20H25FO. The number of rotatable bonds is 4. The van der Waals surface area contributed by atoms with Crippen LogP contribution >= 0.6 is 0 Å². The van der Waals surface area contributed by atoms with Gasteiger partial charge in [-0.1, -0.05) is 44.0 Å². The van der Waals surface area contributed by atoms with Crippen molar-refractivity contribution in [2.75, 3.05) is 7.11 Å². The molecule has 1 fully saturated rings. The van der Waals surface area contributed by atoms with Crippen LogP contribution in [0.4, 0.5) is 4.39 Å².